The maximum absolute atomic E-state index is 10.5. The molecule has 0 atom stereocenters. The Kier molecular flexibility index (Phi) is 11.7. The second-order valence-corrected chi connectivity index (χ2v) is 6.74. The minimum absolute atomic E-state index is 0. The monoisotopic (exact) mass is 392 g/mol. The van der Waals surface area contributed by atoms with Crippen LogP contribution < -0.4 is 69.3 Å². The topological polar surface area (TPSA) is 155 Å². The molecule has 0 aliphatic carbocycles. The molecule has 24 heavy (non-hydrogen) atoms. The van der Waals surface area contributed by atoms with Gasteiger partial charge in [0.25, 0.3) is 20.2 Å². The van der Waals surface area contributed by atoms with Crippen LogP contribution in [0.2, 0.25) is 0 Å². The van der Waals surface area contributed by atoms with Crippen molar-refractivity contribution in [2.24, 2.45) is 0 Å². The zero-order chi connectivity index (χ0) is 17.0. The largest absolute Gasteiger partial charge is 1.00 e. The molecule has 8 nitrogen and oxygen atoms in total. The SMILES string of the molecule is O=S(=O)(O)c1ccc([O-])cc1.O=S(=O)(O)c1ccc([O-])cc1.[Na+].[Na+]. The normalized spacial score (nSPS) is 10.4. The first-order valence-electron chi connectivity index (χ1n) is 5.49. The molecule has 2 N–H and O–H groups in total. The molecule has 0 bridgehead atoms. The summed E-state index contributed by atoms with van der Waals surface area (Å²) in [4.78, 5) is -0.533. The van der Waals surface area contributed by atoms with E-state index >= 15 is 0 Å². The molecule has 0 aliphatic heterocycles. The van der Waals surface area contributed by atoms with E-state index in [4.69, 9.17) is 9.11 Å². The van der Waals surface area contributed by atoms with Crippen LogP contribution in [0.15, 0.2) is 58.3 Å². The first-order chi connectivity index (χ1) is 10.00. The van der Waals surface area contributed by atoms with Crippen LogP contribution in [0.3, 0.4) is 0 Å². The fourth-order valence-corrected chi connectivity index (χ4v) is 2.18. The van der Waals surface area contributed by atoms with E-state index in [0.29, 0.717) is 0 Å². The molecule has 0 amide bonds. The van der Waals surface area contributed by atoms with E-state index < -0.39 is 20.2 Å². The molecule has 0 heterocycles. The van der Waals surface area contributed by atoms with Gasteiger partial charge in [0.05, 0.1) is 9.79 Å². The van der Waals surface area contributed by atoms with Crippen LogP contribution in [-0.2, 0) is 20.2 Å². The van der Waals surface area contributed by atoms with E-state index in [-0.39, 0.29) is 80.4 Å². The van der Waals surface area contributed by atoms with Gasteiger partial charge in [0.2, 0.25) is 0 Å². The van der Waals surface area contributed by atoms with Gasteiger partial charge in [-0.3, -0.25) is 9.11 Å². The first-order valence-corrected chi connectivity index (χ1v) is 8.37. The van der Waals surface area contributed by atoms with Gasteiger partial charge in [-0.25, -0.2) is 0 Å². The number of hydrogen-bond acceptors (Lipinski definition) is 6. The van der Waals surface area contributed by atoms with E-state index in [2.05, 4.69) is 0 Å². The van der Waals surface area contributed by atoms with Gasteiger partial charge in [-0.1, -0.05) is 24.3 Å². The summed E-state index contributed by atoms with van der Waals surface area (Å²) in [6, 6.07) is 8.50. The van der Waals surface area contributed by atoms with Crippen molar-refractivity contribution in [3.8, 4) is 11.5 Å². The quantitative estimate of drug-likeness (QED) is 0.378. The Labute approximate surface area is 183 Å². The summed E-state index contributed by atoms with van der Waals surface area (Å²) in [5.74, 6) is -0.588. The van der Waals surface area contributed by atoms with Gasteiger partial charge in [0.15, 0.2) is 0 Å². The molecular weight excluding hydrogens is 382 g/mol. The fraction of sp³-hybridized carbons (Fsp3) is 0. The van der Waals surface area contributed by atoms with Gasteiger partial charge in [-0.15, -0.1) is 11.5 Å². The number of hydrogen-bond donors (Lipinski definition) is 2. The third kappa shape index (κ3) is 9.37. The summed E-state index contributed by atoms with van der Waals surface area (Å²) in [6.07, 6.45) is 0. The molecule has 0 aromatic heterocycles. The smallest absolute Gasteiger partial charge is 0.872 e. The van der Waals surface area contributed by atoms with Crippen LogP contribution in [0.25, 0.3) is 0 Å². The molecule has 0 aliphatic rings. The van der Waals surface area contributed by atoms with Crippen molar-refractivity contribution in [3.05, 3.63) is 48.5 Å². The fourth-order valence-electron chi connectivity index (χ4n) is 1.22. The molecule has 2 aromatic rings. The predicted molar refractivity (Wildman–Crippen MR) is 71.4 cm³/mol. The van der Waals surface area contributed by atoms with E-state index in [1.165, 1.54) is 0 Å². The standard InChI is InChI=1S/2C6H6O4S.2Na/c2*7-5-1-3-6(4-2-5)11(8,9)10;;/h2*1-4,7H,(H,8,9,10);;/q;;2*+1/p-2. The zero-order valence-electron chi connectivity index (χ0n) is 12.8. The molecule has 0 unspecified atom stereocenters. The summed E-state index contributed by atoms with van der Waals surface area (Å²) >= 11 is 0. The maximum atomic E-state index is 10.5. The zero-order valence-corrected chi connectivity index (χ0v) is 18.4. The molecule has 0 saturated heterocycles. The molecule has 0 spiro atoms. The second-order valence-electron chi connectivity index (χ2n) is 3.89. The Morgan fingerprint density at radius 2 is 0.792 bits per heavy atom. The van der Waals surface area contributed by atoms with Crippen LogP contribution in [0.1, 0.15) is 0 Å². The Morgan fingerprint density at radius 3 is 0.958 bits per heavy atom. The molecule has 12 heteroatoms. The van der Waals surface area contributed by atoms with Crippen molar-refractivity contribution in [1.82, 2.24) is 0 Å². The summed E-state index contributed by atoms with van der Waals surface area (Å²) in [7, 11) is -8.32. The van der Waals surface area contributed by atoms with Crippen LogP contribution in [-0.4, -0.2) is 25.9 Å². The second kappa shape index (κ2) is 10.8. The third-order valence-electron chi connectivity index (χ3n) is 2.24. The van der Waals surface area contributed by atoms with E-state index in [9.17, 15) is 27.0 Å². The average Bonchev–Trinajstić information content (AvgIpc) is 2.38. The summed E-state index contributed by atoms with van der Waals surface area (Å²) < 4.78 is 58.5. The van der Waals surface area contributed by atoms with Crippen LogP contribution >= 0.6 is 0 Å². The van der Waals surface area contributed by atoms with Crippen LogP contribution in [0, 0.1) is 0 Å². The van der Waals surface area contributed by atoms with Crippen LogP contribution in [0.5, 0.6) is 11.5 Å². The van der Waals surface area contributed by atoms with Gasteiger partial charge in [0, 0.05) is 0 Å². The van der Waals surface area contributed by atoms with E-state index in [1.807, 2.05) is 0 Å². The number of rotatable bonds is 2. The van der Waals surface area contributed by atoms with E-state index in [1.54, 1.807) is 0 Å². The van der Waals surface area contributed by atoms with Crippen molar-refractivity contribution in [3.63, 3.8) is 0 Å². The molecule has 2 rings (SSSR count). The summed E-state index contributed by atoms with van der Waals surface area (Å²) in [6.45, 7) is 0. The van der Waals surface area contributed by atoms with Crippen LogP contribution in [0.4, 0.5) is 0 Å². The predicted octanol–water partition coefficient (Wildman–Crippen LogP) is -5.98. The Bertz CT molecular complexity index is 758. The summed E-state index contributed by atoms with van der Waals surface area (Å²) in [5, 5.41) is 20.9. The Balaban J connectivity index is 0. The first kappa shape index (κ1) is 26.1. The van der Waals surface area contributed by atoms with Gasteiger partial charge >= 0.3 is 59.1 Å². The van der Waals surface area contributed by atoms with Crippen molar-refractivity contribution in [1.29, 1.82) is 0 Å². The van der Waals surface area contributed by atoms with Gasteiger partial charge < -0.3 is 10.2 Å². The van der Waals surface area contributed by atoms with Crippen molar-refractivity contribution < 1.29 is 95.3 Å². The molecule has 0 radical (unpaired) electrons. The van der Waals surface area contributed by atoms with Gasteiger partial charge in [-0.2, -0.15) is 16.8 Å². The van der Waals surface area contributed by atoms with Crippen molar-refractivity contribution >= 4 is 20.2 Å². The Morgan fingerprint density at radius 1 is 0.583 bits per heavy atom. The molecule has 0 fully saturated rings. The maximum Gasteiger partial charge on any atom is 1.00 e. The minimum atomic E-state index is -4.16. The third-order valence-corrected chi connectivity index (χ3v) is 3.98. The summed E-state index contributed by atoms with van der Waals surface area (Å²) in [5.41, 5.74) is 0. The van der Waals surface area contributed by atoms with Crippen molar-refractivity contribution in [2.45, 2.75) is 9.79 Å². The Hall–Kier alpha value is -0.140. The molecule has 2 aromatic carbocycles. The molecular formula is C12H10Na2O8S2. The molecule has 0 saturated carbocycles. The van der Waals surface area contributed by atoms with Gasteiger partial charge in [-0.05, 0) is 24.3 Å². The van der Waals surface area contributed by atoms with Gasteiger partial charge in [0.1, 0.15) is 0 Å². The number of benzene rings is 2. The molecule has 120 valence electrons. The van der Waals surface area contributed by atoms with Crippen molar-refractivity contribution in [2.75, 3.05) is 0 Å². The average molecular weight is 392 g/mol. The minimum Gasteiger partial charge on any atom is -0.872 e. The van der Waals surface area contributed by atoms with E-state index in [0.717, 1.165) is 48.5 Å².